The summed E-state index contributed by atoms with van der Waals surface area (Å²) in [6.45, 7) is 1.11. The van der Waals surface area contributed by atoms with Crippen LogP contribution >= 0.6 is 0 Å². The SMILES string of the molecule is CC(=O)Oc1c(NC(=O)O)oc(-c2ccccn2)c1O. The molecule has 0 saturated heterocycles. The van der Waals surface area contributed by atoms with E-state index in [1.54, 1.807) is 18.2 Å². The minimum atomic E-state index is -1.43. The summed E-state index contributed by atoms with van der Waals surface area (Å²) in [5, 5.41) is 20.6. The molecule has 0 saturated carbocycles. The van der Waals surface area contributed by atoms with Crippen LogP contribution in [0.3, 0.4) is 0 Å². The van der Waals surface area contributed by atoms with Gasteiger partial charge in [-0.15, -0.1) is 0 Å². The van der Waals surface area contributed by atoms with Crippen molar-refractivity contribution in [3.8, 4) is 23.0 Å². The summed E-state index contributed by atoms with van der Waals surface area (Å²) in [5.41, 5.74) is 0.261. The van der Waals surface area contributed by atoms with E-state index >= 15 is 0 Å². The van der Waals surface area contributed by atoms with Crippen LogP contribution in [0.15, 0.2) is 28.8 Å². The Morgan fingerprint density at radius 3 is 2.70 bits per heavy atom. The predicted octanol–water partition coefficient (Wildman–Crippen LogP) is 2.06. The van der Waals surface area contributed by atoms with Crippen LogP contribution in [0.25, 0.3) is 11.5 Å². The van der Waals surface area contributed by atoms with E-state index in [2.05, 4.69) is 4.98 Å². The molecule has 0 aromatic carbocycles. The summed E-state index contributed by atoms with van der Waals surface area (Å²) in [7, 11) is 0. The van der Waals surface area contributed by atoms with E-state index in [4.69, 9.17) is 14.3 Å². The fraction of sp³-hybridized carbons (Fsp3) is 0.0833. The number of carbonyl (C=O) groups is 2. The Hall–Kier alpha value is -3.03. The second-order valence-corrected chi connectivity index (χ2v) is 3.68. The lowest BCUT2D eigenvalue weighted by molar-refractivity contribution is -0.132. The summed E-state index contributed by atoms with van der Waals surface area (Å²) in [6.07, 6.45) is 0.0346. The minimum Gasteiger partial charge on any atom is -0.501 e. The smallest absolute Gasteiger partial charge is 0.411 e. The maximum Gasteiger partial charge on any atom is 0.411 e. The highest BCUT2D eigenvalue weighted by Crippen LogP contribution is 2.45. The van der Waals surface area contributed by atoms with Gasteiger partial charge in [-0.3, -0.25) is 15.1 Å². The van der Waals surface area contributed by atoms with Gasteiger partial charge in [0.1, 0.15) is 5.69 Å². The van der Waals surface area contributed by atoms with Gasteiger partial charge in [0.25, 0.3) is 5.88 Å². The molecule has 20 heavy (non-hydrogen) atoms. The molecule has 0 aliphatic rings. The van der Waals surface area contributed by atoms with E-state index in [0.717, 1.165) is 6.92 Å². The Bertz CT molecular complexity index is 649. The van der Waals surface area contributed by atoms with E-state index in [1.165, 1.54) is 6.20 Å². The molecule has 0 radical (unpaired) electrons. The number of ether oxygens (including phenoxy) is 1. The van der Waals surface area contributed by atoms with Crippen molar-refractivity contribution >= 4 is 17.9 Å². The standard InChI is InChI=1S/C12H10N2O6/c1-6(15)19-10-8(16)9(7-4-2-3-5-13-7)20-11(10)14-12(17)18/h2-5,14,16H,1H3,(H,17,18). The zero-order valence-electron chi connectivity index (χ0n) is 10.3. The van der Waals surface area contributed by atoms with E-state index in [0.29, 0.717) is 0 Å². The number of pyridine rings is 1. The fourth-order valence-electron chi connectivity index (χ4n) is 1.50. The van der Waals surface area contributed by atoms with Crippen LogP contribution in [-0.2, 0) is 4.79 Å². The lowest BCUT2D eigenvalue weighted by atomic mass is 10.2. The Labute approximate surface area is 112 Å². The molecule has 0 aliphatic carbocycles. The third-order valence-corrected chi connectivity index (χ3v) is 2.20. The molecule has 0 atom stereocenters. The van der Waals surface area contributed by atoms with Crippen molar-refractivity contribution in [2.24, 2.45) is 0 Å². The molecule has 0 spiro atoms. The van der Waals surface area contributed by atoms with Gasteiger partial charge in [0.05, 0.1) is 0 Å². The first kappa shape index (κ1) is 13.4. The monoisotopic (exact) mass is 278 g/mol. The molecule has 0 unspecified atom stereocenters. The second-order valence-electron chi connectivity index (χ2n) is 3.68. The van der Waals surface area contributed by atoms with Gasteiger partial charge in [-0.1, -0.05) is 6.07 Å². The number of hydrogen-bond acceptors (Lipinski definition) is 6. The molecule has 2 aromatic rings. The van der Waals surface area contributed by atoms with Gasteiger partial charge >= 0.3 is 12.1 Å². The largest absolute Gasteiger partial charge is 0.501 e. The number of aromatic nitrogens is 1. The summed E-state index contributed by atoms with van der Waals surface area (Å²) >= 11 is 0. The summed E-state index contributed by atoms with van der Waals surface area (Å²) in [6, 6.07) is 4.85. The predicted molar refractivity (Wildman–Crippen MR) is 66.6 cm³/mol. The number of furan rings is 1. The molecular weight excluding hydrogens is 268 g/mol. The summed E-state index contributed by atoms with van der Waals surface area (Å²) in [4.78, 5) is 25.6. The molecule has 104 valence electrons. The maximum atomic E-state index is 11.0. The molecule has 1 amide bonds. The van der Waals surface area contributed by atoms with Gasteiger partial charge in [-0.2, -0.15) is 0 Å². The first-order chi connectivity index (χ1) is 9.49. The number of hydrogen-bond donors (Lipinski definition) is 3. The van der Waals surface area contributed by atoms with Crippen molar-refractivity contribution in [2.75, 3.05) is 5.32 Å². The lowest BCUT2D eigenvalue weighted by Gasteiger charge is -2.00. The Kier molecular flexibility index (Phi) is 3.56. The quantitative estimate of drug-likeness (QED) is 0.734. The van der Waals surface area contributed by atoms with Gasteiger partial charge < -0.3 is 19.4 Å². The molecule has 2 rings (SSSR count). The molecule has 2 heterocycles. The number of rotatable bonds is 3. The first-order valence-corrected chi connectivity index (χ1v) is 5.44. The number of nitrogens with zero attached hydrogens (tertiary/aromatic N) is 1. The topological polar surface area (TPSA) is 122 Å². The van der Waals surface area contributed by atoms with Crippen molar-refractivity contribution in [2.45, 2.75) is 6.92 Å². The van der Waals surface area contributed by atoms with Crippen molar-refractivity contribution in [3.63, 3.8) is 0 Å². The lowest BCUT2D eigenvalue weighted by Crippen LogP contribution is -2.09. The van der Waals surface area contributed by atoms with Crippen LogP contribution in [0.5, 0.6) is 11.5 Å². The van der Waals surface area contributed by atoms with E-state index in [-0.39, 0.29) is 11.5 Å². The Morgan fingerprint density at radius 1 is 1.40 bits per heavy atom. The minimum absolute atomic E-state index is 0.106. The molecule has 2 aromatic heterocycles. The van der Waals surface area contributed by atoms with E-state index in [9.17, 15) is 14.7 Å². The van der Waals surface area contributed by atoms with E-state index < -0.39 is 29.4 Å². The van der Waals surface area contributed by atoms with Crippen molar-refractivity contribution in [1.82, 2.24) is 4.98 Å². The zero-order chi connectivity index (χ0) is 14.7. The van der Waals surface area contributed by atoms with Gasteiger partial charge in [0, 0.05) is 13.1 Å². The molecule has 3 N–H and O–H groups in total. The van der Waals surface area contributed by atoms with Crippen molar-refractivity contribution in [3.05, 3.63) is 24.4 Å². The Balaban J connectivity index is 2.52. The normalized spacial score (nSPS) is 10.1. The average Bonchev–Trinajstić information content (AvgIpc) is 2.67. The number of esters is 1. The van der Waals surface area contributed by atoms with Gasteiger partial charge in [-0.25, -0.2) is 4.79 Å². The third-order valence-electron chi connectivity index (χ3n) is 2.20. The van der Waals surface area contributed by atoms with Crippen LogP contribution in [0.4, 0.5) is 10.7 Å². The third kappa shape index (κ3) is 2.69. The molecule has 8 nitrogen and oxygen atoms in total. The number of carboxylic acid groups (broad SMARTS) is 1. The number of aromatic hydroxyl groups is 1. The van der Waals surface area contributed by atoms with Gasteiger partial charge in [0.2, 0.25) is 17.3 Å². The first-order valence-electron chi connectivity index (χ1n) is 5.44. The fourth-order valence-corrected chi connectivity index (χ4v) is 1.50. The van der Waals surface area contributed by atoms with E-state index in [1.807, 2.05) is 5.32 Å². The highest BCUT2D eigenvalue weighted by Gasteiger charge is 2.25. The number of amides is 1. The maximum absolute atomic E-state index is 11.0. The summed E-state index contributed by atoms with van der Waals surface area (Å²) < 4.78 is 9.90. The zero-order valence-corrected chi connectivity index (χ0v) is 10.3. The van der Waals surface area contributed by atoms with Gasteiger partial charge in [-0.05, 0) is 12.1 Å². The average molecular weight is 278 g/mol. The van der Waals surface area contributed by atoms with Crippen LogP contribution < -0.4 is 10.1 Å². The molecule has 0 bridgehead atoms. The van der Waals surface area contributed by atoms with Crippen LogP contribution in [0.1, 0.15) is 6.92 Å². The van der Waals surface area contributed by atoms with Gasteiger partial charge in [0.15, 0.2) is 0 Å². The van der Waals surface area contributed by atoms with Crippen LogP contribution in [0, 0.1) is 0 Å². The second kappa shape index (κ2) is 5.31. The van der Waals surface area contributed by atoms with Crippen molar-refractivity contribution in [1.29, 1.82) is 0 Å². The molecule has 8 heteroatoms. The molecule has 0 aliphatic heterocycles. The van der Waals surface area contributed by atoms with Crippen LogP contribution in [-0.4, -0.2) is 27.3 Å². The molecular formula is C12H10N2O6. The number of nitrogens with one attached hydrogen (secondary N) is 1. The Morgan fingerprint density at radius 2 is 2.15 bits per heavy atom. The van der Waals surface area contributed by atoms with Crippen LogP contribution in [0.2, 0.25) is 0 Å². The van der Waals surface area contributed by atoms with Crippen molar-refractivity contribution < 1.29 is 29.0 Å². The number of carbonyl (C=O) groups excluding carboxylic acids is 1. The highest BCUT2D eigenvalue weighted by molar-refractivity contribution is 5.87. The summed E-state index contributed by atoms with van der Waals surface area (Å²) in [5.74, 6) is -2.15. The molecule has 0 fully saturated rings. The number of anilines is 1. The highest BCUT2D eigenvalue weighted by atomic mass is 16.6.